The summed E-state index contributed by atoms with van der Waals surface area (Å²) in [6, 6.07) is 22.2. The van der Waals surface area contributed by atoms with E-state index < -0.39 is 82.2 Å². The van der Waals surface area contributed by atoms with E-state index >= 15 is 0 Å². The molecule has 0 spiro atoms. The Balaban J connectivity index is 1.41. The molecule has 0 aromatic heterocycles. The van der Waals surface area contributed by atoms with Crippen LogP contribution in [0, 0.1) is 0 Å². The number of rotatable bonds is 58. The van der Waals surface area contributed by atoms with Crippen LogP contribution in [0.1, 0.15) is 111 Å². The fourth-order valence-corrected chi connectivity index (χ4v) is 16.4. The zero-order valence-electron chi connectivity index (χ0n) is 62.4. The fourth-order valence-electron chi connectivity index (χ4n) is 11.8. The molecule has 0 heterocycles. The van der Waals surface area contributed by atoms with Crippen molar-refractivity contribution in [3.8, 4) is 33.4 Å². The number of amides is 1. The number of nitrogens with zero attached hydrogens (tertiary/aromatic N) is 1. The molecule has 31 nitrogen and oxygen atoms in total. The monoisotopic (exact) mass is 1590 g/mol. The Kier molecular flexibility index (Phi) is 39.4. The van der Waals surface area contributed by atoms with Crippen LogP contribution in [0.25, 0.3) is 33.4 Å². The molecule has 107 heavy (non-hydrogen) atoms. The molecule has 2 aliphatic rings. The minimum Gasteiger partial charge on any atom is -0.481 e. The van der Waals surface area contributed by atoms with E-state index in [9.17, 15) is 53.2 Å². The second kappa shape index (κ2) is 46.8. The lowest BCUT2D eigenvalue weighted by molar-refractivity contribution is -0.136. The Bertz CT molecular complexity index is 3850. The van der Waals surface area contributed by atoms with Crippen LogP contribution >= 0.6 is 0 Å². The molecule has 0 fully saturated rings. The molecule has 2 aliphatic carbocycles. The van der Waals surface area contributed by atoms with E-state index in [1.807, 2.05) is 48.5 Å². The Labute approximate surface area is 630 Å². The van der Waals surface area contributed by atoms with Gasteiger partial charge in [0.05, 0.1) is 109 Å². The molecule has 0 bridgehead atoms. The number of nitrogens with one attached hydrogen (secondary N) is 4. The first-order valence-electron chi connectivity index (χ1n) is 35.7. The number of carboxylic acids is 1. The first-order chi connectivity index (χ1) is 51.2. The summed E-state index contributed by atoms with van der Waals surface area (Å²) in [5, 5.41) is 12.7. The van der Waals surface area contributed by atoms with Crippen molar-refractivity contribution in [3.63, 3.8) is 0 Å². The van der Waals surface area contributed by atoms with Crippen molar-refractivity contribution in [2.75, 3.05) is 196 Å². The van der Waals surface area contributed by atoms with E-state index in [-0.39, 0.29) is 187 Å². The van der Waals surface area contributed by atoms with Gasteiger partial charge in [-0.05, 0) is 138 Å². The van der Waals surface area contributed by atoms with Crippen LogP contribution < -0.4 is 19.5 Å². The number of hydrogen-bond donors (Lipinski definition) is 5. The van der Waals surface area contributed by atoms with Crippen LogP contribution in [0.4, 0.5) is 4.79 Å². The standard InChI is InChI=1S/C72H109N5O26S4/c1-72(2,3)103-71(81)73-21-8-25-77(26-34-97-42-38-93-7)107(88,89)46-12-30-102-70-65-51-57(16-20-61(65)59-18-14-55(52-98-53-78)48-63(59)68(70)100-28-10-44-105(84,85)75-23-32-95-40-36-91-5)56-15-19-60-58-17-13-54(49-66(79)80)47-62(58)67(99-27-9-43-104(82,83)74-22-31-94-39-35-90-4)69(64(60)50-56)101-29-11-45-106(86,87)76-24-33-96-41-37-92-6/h13-20,47-48,50-51,53,67-70,74-76H,8-12,21-46,49,52H2,1-7H3,(H,73,81)(H,79,80). The van der Waals surface area contributed by atoms with Gasteiger partial charge < -0.3 is 76.7 Å². The van der Waals surface area contributed by atoms with E-state index in [1.165, 1.54) is 32.7 Å². The summed E-state index contributed by atoms with van der Waals surface area (Å²) in [5.74, 6) is -2.40. The second-order valence-corrected chi connectivity index (χ2v) is 33.9. The minimum atomic E-state index is -4.02. The van der Waals surface area contributed by atoms with Crippen molar-refractivity contribution in [1.82, 2.24) is 23.8 Å². The number of carboxylic acid groups (broad SMARTS) is 1. The highest BCUT2D eigenvalue weighted by atomic mass is 32.2. The lowest BCUT2D eigenvalue weighted by Gasteiger charge is -2.37. The molecular formula is C72H109N5O26S4. The van der Waals surface area contributed by atoms with Crippen LogP contribution in [0.3, 0.4) is 0 Å². The molecule has 6 rings (SSSR count). The van der Waals surface area contributed by atoms with Crippen molar-refractivity contribution in [2.24, 2.45) is 0 Å². The number of hydrogen-bond acceptors (Lipinski definition) is 25. The molecule has 4 aromatic carbocycles. The van der Waals surface area contributed by atoms with E-state index in [0.717, 1.165) is 0 Å². The van der Waals surface area contributed by atoms with Gasteiger partial charge in [-0.3, -0.25) is 9.59 Å². The zero-order valence-corrected chi connectivity index (χ0v) is 65.6. The van der Waals surface area contributed by atoms with E-state index in [1.54, 1.807) is 45.0 Å². The Morgan fingerprint density at radius 3 is 1.21 bits per heavy atom. The number of fused-ring (bicyclic) bond motifs is 6. The van der Waals surface area contributed by atoms with Crippen molar-refractivity contribution in [2.45, 2.75) is 95.9 Å². The molecule has 4 unspecified atom stereocenters. The van der Waals surface area contributed by atoms with Crippen LogP contribution in [-0.4, -0.2) is 264 Å². The van der Waals surface area contributed by atoms with Gasteiger partial charge in [-0.1, -0.05) is 54.6 Å². The maximum absolute atomic E-state index is 14.4. The highest BCUT2D eigenvalue weighted by Gasteiger charge is 2.39. The van der Waals surface area contributed by atoms with Crippen molar-refractivity contribution in [3.05, 3.63) is 106 Å². The Morgan fingerprint density at radius 1 is 0.449 bits per heavy atom. The van der Waals surface area contributed by atoms with Crippen molar-refractivity contribution in [1.29, 1.82) is 0 Å². The average Bonchev–Trinajstić information content (AvgIpc) is 0.745. The van der Waals surface area contributed by atoms with Gasteiger partial charge >= 0.3 is 12.1 Å². The number of alkyl carbamates (subject to hydrolysis) is 1. The molecule has 0 aliphatic heterocycles. The molecule has 35 heteroatoms. The van der Waals surface area contributed by atoms with Gasteiger partial charge in [-0.2, -0.15) is 4.31 Å². The first-order valence-corrected chi connectivity index (χ1v) is 42.2. The van der Waals surface area contributed by atoms with Gasteiger partial charge in [0.2, 0.25) is 40.1 Å². The quantitative estimate of drug-likeness (QED) is 0.0259. The molecule has 4 aromatic rings. The summed E-state index contributed by atoms with van der Waals surface area (Å²) < 4.78 is 198. The molecule has 0 radical (unpaired) electrons. The maximum Gasteiger partial charge on any atom is 0.407 e. The number of carbonyl (C=O) groups is 3. The highest BCUT2D eigenvalue weighted by Crippen LogP contribution is 2.52. The third kappa shape index (κ3) is 31.9. The number of sulfonamides is 4. The summed E-state index contributed by atoms with van der Waals surface area (Å²) in [5.41, 5.74) is 6.76. The number of carbonyl (C=O) groups excluding carboxylic acids is 2. The third-order valence-corrected chi connectivity index (χ3v) is 23.0. The molecule has 0 saturated heterocycles. The number of ether oxygens (including phenoxy) is 14. The van der Waals surface area contributed by atoms with Gasteiger partial charge in [0.15, 0.2) is 0 Å². The predicted octanol–water partition coefficient (Wildman–Crippen LogP) is 5.76. The van der Waals surface area contributed by atoms with Gasteiger partial charge in [-0.25, -0.2) is 52.6 Å². The summed E-state index contributed by atoms with van der Waals surface area (Å²) >= 11 is 0. The van der Waals surface area contributed by atoms with E-state index in [4.69, 9.17) is 66.3 Å². The highest BCUT2D eigenvalue weighted by molar-refractivity contribution is 7.90. The van der Waals surface area contributed by atoms with Gasteiger partial charge in [-0.15, -0.1) is 0 Å². The molecule has 0 saturated carbocycles. The topological polar surface area (TPSA) is 389 Å². The van der Waals surface area contributed by atoms with Crippen LogP contribution in [-0.2, 0) is 129 Å². The minimum absolute atomic E-state index is 0.00489. The summed E-state index contributed by atoms with van der Waals surface area (Å²) in [4.78, 5) is 36.3. The molecule has 4 atom stereocenters. The van der Waals surface area contributed by atoms with Crippen molar-refractivity contribution < 1.29 is 119 Å². The SMILES string of the molecule is COCCOCCNS(=O)(=O)CCCOC1c2cc(CC(=O)O)ccc2-c2ccc(-c3ccc4c(c3)C(OCCCS(=O)(=O)N(CCCNC(=O)OC(C)(C)C)CCOCCOC)C(OCCCS(=O)(=O)NCCOCCOC)c3cc(COC=O)ccc3-4)cc2C1OCCCS(=O)(=O)NCCOCCOC. The number of methoxy groups -OCH3 is 4. The van der Waals surface area contributed by atoms with Crippen LogP contribution in [0.15, 0.2) is 72.8 Å². The second-order valence-electron chi connectivity index (χ2n) is 26.1. The van der Waals surface area contributed by atoms with E-state index in [2.05, 4.69) is 19.5 Å². The average molecular weight is 1590 g/mol. The molecule has 602 valence electrons. The largest absolute Gasteiger partial charge is 0.481 e. The summed E-state index contributed by atoms with van der Waals surface area (Å²) in [6.07, 6.45) is -4.66. The van der Waals surface area contributed by atoms with Gasteiger partial charge in [0, 0.05) is 94.1 Å². The molecular weight excluding hydrogens is 1480 g/mol. The normalized spacial score (nSPS) is 15.9. The Hall–Kier alpha value is -5.75. The number of benzene rings is 4. The first kappa shape index (κ1) is 90.1. The van der Waals surface area contributed by atoms with Crippen molar-refractivity contribution >= 4 is 58.6 Å². The zero-order chi connectivity index (χ0) is 77.7. The van der Waals surface area contributed by atoms with Gasteiger partial charge in [0.25, 0.3) is 6.47 Å². The van der Waals surface area contributed by atoms with Crippen LogP contribution in [0.2, 0.25) is 0 Å². The van der Waals surface area contributed by atoms with Gasteiger partial charge in [0.1, 0.15) is 36.6 Å². The number of aliphatic carboxylic acids is 1. The summed E-state index contributed by atoms with van der Waals surface area (Å²) in [7, 11) is -9.36. The smallest absolute Gasteiger partial charge is 0.407 e. The maximum atomic E-state index is 14.4. The third-order valence-electron chi connectivity index (χ3n) is 16.7. The lowest BCUT2D eigenvalue weighted by atomic mass is 9.78. The Morgan fingerprint density at radius 2 is 0.822 bits per heavy atom. The fraction of sp³-hybridized carbons (Fsp3) is 0.625. The molecule has 1 amide bonds. The van der Waals surface area contributed by atoms with E-state index in [0.29, 0.717) is 99.7 Å². The van der Waals surface area contributed by atoms with Crippen LogP contribution in [0.5, 0.6) is 0 Å². The predicted molar refractivity (Wildman–Crippen MR) is 399 cm³/mol. The molecule has 5 N–H and O–H groups in total. The summed E-state index contributed by atoms with van der Waals surface area (Å²) in [6.45, 7) is 8.03. The lowest BCUT2D eigenvalue weighted by Crippen LogP contribution is -2.39.